The van der Waals surface area contributed by atoms with Crippen LogP contribution in [-0.2, 0) is 9.59 Å². The van der Waals surface area contributed by atoms with E-state index in [-0.39, 0.29) is 23.7 Å². The number of carboxylic acids is 1. The summed E-state index contributed by atoms with van der Waals surface area (Å²) >= 11 is 0. The highest BCUT2D eigenvalue weighted by Crippen LogP contribution is 2.67. The number of carboxylic acid groups (broad SMARTS) is 1. The SMILES string of the molecule is CC(C)CCC[C@@H](C)[C@H]1CC[C@H]2[C@@H]3C(=O)C=C4CC(CC(=O)O)CC[C@]4(C)[C@H]3CC[C@]12C. The average molecular weight is 443 g/mol. The highest BCUT2D eigenvalue weighted by atomic mass is 16.4. The van der Waals surface area contributed by atoms with Gasteiger partial charge in [0.15, 0.2) is 5.78 Å². The van der Waals surface area contributed by atoms with Crippen LogP contribution in [0.1, 0.15) is 105 Å². The number of hydrogen-bond donors (Lipinski definition) is 1. The zero-order chi connectivity index (χ0) is 23.3. The molecule has 1 N–H and O–H groups in total. The molecule has 8 atom stereocenters. The lowest BCUT2D eigenvalue weighted by Gasteiger charge is -2.57. The highest BCUT2D eigenvalue weighted by molar-refractivity contribution is 5.94. The zero-order valence-corrected chi connectivity index (χ0v) is 21.2. The minimum absolute atomic E-state index is 0.107. The Labute approximate surface area is 195 Å². The van der Waals surface area contributed by atoms with Crippen LogP contribution in [-0.4, -0.2) is 16.9 Å². The Bertz CT molecular complexity index is 766. The van der Waals surface area contributed by atoms with Gasteiger partial charge in [0, 0.05) is 12.3 Å². The maximum absolute atomic E-state index is 13.6. The van der Waals surface area contributed by atoms with Crippen LogP contribution in [0.4, 0.5) is 0 Å². The van der Waals surface area contributed by atoms with E-state index in [9.17, 15) is 14.7 Å². The second kappa shape index (κ2) is 8.91. The fourth-order valence-electron chi connectivity index (χ4n) is 8.92. The first-order valence-corrected chi connectivity index (χ1v) is 13.5. The molecule has 0 radical (unpaired) electrons. The van der Waals surface area contributed by atoms with Gasteiger partial charge in [-0.25, -0.2) is 0 Å². The molecule has 32 heavy (non-hydrogen) atoms. The Kier molecular flexibility index (Phi) is 6.69. The van der Waals surface area contributed by atoms with Crippen molar-refractivity contribution in [1.82, 2.24) is 0 Å². The van der Waals surface area contributed by atoms with Gasteiger partial charge in [-0.3, -0.25) is 9.59 Å². The van der Waals surface area contributed by atoms with Gasteiger partial charge in [-0.15, -0.1) is 0 Å². The molecule has 0 amide bonds. The van der Waals surface area contributed by atoms with E-state index in [4.69, 9.17) is 0 Å². The van der Waals surface area contributed by atoms with Gasteiger partial charge in [0.25, 0.3) is 0 Å². The smallest absolute Gasteiger partial charge is 0.303 e. The topological polar surface area (TPSA) is 54.4 Å². The van der Waals surface area contributed by atoms with E-state index in [2.05, 4.69) is 34.6 Å². The van der Waals surface area contributed by atoms with Crippen molar-refractivity contribution >= 4 is 11.8 Å². The van der Waals surface area contributed by atoms with Crippen LogP contribution in [0.2, 0.25) is 0 Å². The van der Waals surface area contributed by atoms with Crippen LogP contribution in [0, 0.1) is 52.3 Å². The number of carbonyl (C=O) groups is 2. The Hall–Kier alpha value is -1.12. The molecule has 4 aliphatic rings. The van der Waals surface area contributed by atoms with E-state index >= 15 is 0 Å². The molecule has 0 saturated heterocycles. The maximum Gasteiger partial charge on any atom is 0.303 e. The van der Waals surface area contributed by atoms with Crippen molar-refractivity contribution in [2.24, 2.45) is 52.3 Å². The van der Waals surface area contributed by atoms with E-state index in [1.54, 1.807) is 0 Å². The van der Waals surface area contributed by atoms with Gasteiger partial charge >= 0.3 is 5.97 Å². The number of allylic oxidation sites excluding steroid dienone is 2. The number of fused-ring (bicyclic) bond motifs is 5. The largest absolute Gasteiger partial charge is 0.481 e. The van der Waals surface area contributed by atoms with Crippen molar-refractivity contribution in [3.05, 3.63) is 11.6 Å². The maximum atomic E-state index is 13.6. The third kappa shape index (κ3) is 4.11. The third-order valence-corrected chi connectivity index (χ3v) is 10.7. The number of aliphatic carboxylic acids is 1. The lowest BCUT2D eigenvalue weighted by Crippen LogP contribution is -2.53. The monoisotopic (exact) mass is 442 g/mol. The molecule has 4 aliphatic carbocycles. The van der Waals surface area contributed by atoms with Crippen molar-refractivity contribution < 1.29 is 14.7 Å². The summed E-state index contributed by atoms with van der Waals surface area (Å²) in [7, 11) is 0. The molecule has 3 saturated carbocycles. The predicted molar refractivity (Wildman–Crippen MR) is 129 cm³/mol. The Balaban J connectivity index is 1.52. The van der Waals surface area contributed by atoms with E-state index in [0.29, 0.717) is 23.0 Å². The summed E-state index contributed by atoms with van der Waals surface area (Å²) in [4.78, 5) is 24.8. The van der Waals surface area contributed by atoms with Crippen LogP contribution in [0.3, 0.4) is 0 Å². The summed E-state index contributed by atoms with van der Waals surface area (Å²) in [5, 5.41) is 9.26. The molecule has 3 nitrogen and oxygen atoms in total. The second-order valence-corrected chi connectivity index (χ2v) is 13.0. The first-order valence-electron chi connectivity index (χ1n) is 13.5. The summed E-state index contributed by atoms with van der Waals surface area (Å²) in [5.41, 5.74) is 1.70. The summed E-state index contributed by atoms with van der Waals surface area (Å²) in [6.07, 6.45) is 14.1. The lowest BCUT2D eigenvalue weighted by atomic mass is 9.46. The van der Waals surface area contributed by atoms with Crippen molar-refractivity contribution in [2.45, 2.75) is 105 Å². The Morgan fingerprint density at radius 2 is 1.81 bits per heavy atom. The van der Waals surface area contributed by atoms with Gasteiger partial charge in [0.1, 0.15) is 0 Å². The van der Waals surface area contributed by atoms with Crippen LogP contribution < -0.4 is 0 Å². The number of rotatable bonds is 7. The first kappa shape index (κ1) is 24.0. The summed E-state index contributed by atoms with van der Waals surface area (Å²) < 4.78 is 0. The molecule has 0 aromatic heterocycles. The number of carbonyl (C=O) groups excluding carboxylic acids is 1. The highest BCUT2D eigenvalue weighted by Gasteiger charge is 2.61. The summed E-state index contributed by atoms with van der Waals surface area (Å²) in [5.74, 6) is 3.39. The first-order chi connectivity index (χ1) is 15.1. The van der Waals surface area contributed by atoms with E-state index < -0.39 is 5.97 Å². The molecule has 0 aromatic carbocycles. The standard InChI is InChI=1S/C29H46O3/c1-18(2)7-6-8-19(3)22-9-10-23-27-24(12-14-29(22,23)5)28(4)13-11-20(16-26(31)32)15-21(28)17-25(27)30/h17-20,22-24,27H,6-16H2,1-5H3,(H,31,32)/t19-,20?,22-,23+,24+,27+,28+,29-/m1/s1. The van der Waals surface area contributed by atoms with Crippen molar-refractivity contribution in [3.63, 3.8) is 0 Å². The van der Waals surface area contributed by atoms with E-state index in [1.807, 2.05) is 6.08 Å². The van der Waals surface area contributed by atoms with Crippen LogP contribution in [0.15, 0.2) is 11.6 Å². The molecule has 0 heterocycles. The average Bonchev–Trinajstić information content (AvgIpc) is 3.05. The minimum atomic E-state index is -0.702. The van der Waals surface area contributed by atoms with Crippen LogP contribution >= 0.6 is 0 Å². The number of hydrogen-bond acceptors (Lipinski definition) is 2. The van der Waals surface area contributed by atoms with Gasteiger partial charge < -0.3 is 5.11 Å². The van der Waals surface area contributed by atoms with Crippen molar-refractivity contribution in [3.8, 4) is 0 Å². The third-order valence-electron chi connectivity index (χ3n) is 10.7. The molecule has 3 fully saturated rings. The second-order valence-electron chi connectivity index (χ2n) is 13.0. The quantitative estimate of drug-likeness (QED) is 0.450. The molecule has 3 heteroatoms. The van der Waals surface area contributed by atoms with Gasteiger partial charge in [0.2, 0.25) is 0 Å². The summed E-state index contributed by atoms with van der Waals surface area (Å²) in [6.45, 7) is 12.1. The molecule has 0 aromatic rings. The number of ketones is 1. The van der Waals surface area contributed by atoms with Crippen LogP contribution in [0.5, 0.6) is 0 Å². The van der Waals surface area contributed by atoms with E-state index in [1.165, 1.54) is 50.5 Å². The van der Waals surface area contributed by atoms with E-state index in [0.717, 1.165) is 37.0 Å². The van der Waals surface area contributed by atoms with Gasteiger partial charge in [-0.05, 0) is 97.4 Å². The van der Waals surface area contributed by atoms with Crippen LogP contribution in [0.25, 0.3) is 0 Å². The summed E-state index contributed by atoms with van der Waals surface area (Å²) in [6, 6.07) is 0. The fourth-order valence-corrected chi connectivity index (χ4v) is 8.92. The molecular weight excluding hydrogens is 396 g/mol. The molecule has 1 unspecified atom stereocenters. The lowest BCUT2D eigenvalue weighted by molar-refractivity contribution is -0.138. The van der Waals surface area contributed by atoms with Gasteiger partial charge in [-0.1, -0.05) is 59.5 Å². The molecule has 0 spiro atoms. The van der Waals surface area contributed by atoms with Crippen molar-refractivity contribution in [2.75, 3.05) is 0 Å². The zero-order valence-electron chi connectivity index (χ0n) is 21.2. The van der Waals surface area contributed by atoms with Gasteiger partial charge in [0.05, 0.1) is 0 Å². The minimum Gasteiger partial charge on any atom is -0.481 e. The Morgan fingerprint density at radius 3 is 2.50 bits per heavy atom. The molecule has 180 valence electrons. The molecule has 4 rings (SSSR count). The van der Waals surface area contributed by atoms with Crippen molar-refractivity contribution in [1.29, 1.82) is 0 Å². The molecule has 0 bridgehead atoms. The van der Waals surface area contributed by atoms with Gasteiger partial charge in [-0.2, -0.15) is 0 Å². The Morgan fingerprint density at radius 1 is 1.06 bits per heavy atom. The fraction of sp³-hybridized carbons (Fsp3) is 0.862. The predicted octanol–water partition coefficient (Wildman–Crippen LogP) is 7.30. The normalized spacial score (nSPS) is 42.1. The molecule has 0 aliphatic heterocycles. The molecular formula is C29H46O3.